The van der Waals surface area contributed by atoms with E-state index >= 15 is 0 Å². The molecule has 0 rings (SSSR count). The number of hydrogen-bond acceptors (Lipinski definition) is 8. The number of nitrogens with one attached hydrogen (secondary N) is 3. The maximum atomic E-state index is 12.9. The molecule has 0 spiro atoms. The Morgan fingerprint density at radius 1 is 0.794 bits per heavy atom. The van der Waals surface area contributed by atoms with E-state index in [4.69, 9.17) is 21.1 Å². The van der Waals surface area contributed by atoms with Crippen LogP contribution in [0.1, 0.15) is 46.0 Å². The summed E-state index contributed by atoms with van der Waals surface area (Å²) in [4.78, 5) is 71.0. The van der Waals surface area contributed by atoms with Crippen molar-refractivity contribution in [3.05, 3.63) is 0 Å². The predicted molar refractivity (Wildman–Crippen MR) is 123 cm³/mol. The molecule has 4 unspecified atom stereocenters. The highest BCUT2D eigenvalue weighted by atomic mass is 32.2. The molecule has 0 saturated heterocycles. The Balaban J connectivity index is 5.54. The van der Waals surface area contributed by atoms with Crippen molar-refractivity contribution in [2.75, 3.05) is 12.0 Å². The first-order valence-corrected chi connectivity index (χ1v) is 12.0. The zero-order chi connectivity index (χ0) is 26.4. The van der Waals surface area contributed by atoms with Crippen LogP contribution in [0.5, 0.6) is 0 Å². The largest absolute Gasteiger partial charge is 0.481 e. The molecule has 34 heavy (non-hydrogen) atoms. The highest BCUT2D eigenvalue weighted by molar-refractivity contribution is 7.98. The maximum absolute atomic E-state index is 12.9. The zero-order valence-electron chi connectivity index (χ0n) is 19.4. The number of carbonyl (C=O) groups is 6. The zero-order valence-corrected chi connectivity index (χ0v) is 20.2. The van der Waals surface area contributed by atoms with E-state index in [2.05, 4.69) is 16.0 Å². The van der Waals surface area contributed by atoms with Crippen molar-refractivity contribution in [3.63, 3.8) is 0 Å². The van der Waals surface area contributed by atoms with Gasteiger partial charge in [-0.05, 0) is 37.2 Å². The summed E-state index contributed by atoms with van der Waals surface area (Å²) in [5.74, 6) is -6.16. The van der Waals surface area contributed by atoms with E-state index in [1.54, 1.807) is 13.8 Å². The average Bonchev–Trinajstić information content (AvgIpc) is 2.72. The minimum Gasteiger partial charge on any atom is -0.481 e. The van der Waals surface area contributed by atoms with Crippen molar-refractivity contribution in [1.29, 1.82) is 0 Å². The van der Waals surface area contributed by atoms with Gasteiger partial charge >= 0.3 is 17.9 Å². The minimum atomic E-state index is -1.71. The summed E-state index contributed by atoms with van der Waals surface area (Å²) in [5.41, 5.74) is 5.80. The molecule has 0 aliphatic heterocycles. The van der Waals surface area contributed by atoms with Crippen LogP contribution in [0.3, 0.4) is 0 Å². The van der Waals surface area contributed by atoms with Crippen molar-refractivity contribution in [2.24, 2.45) is 11.7 Å². The van der Waals surface area contributed by atoms with Gasteiger partial charge in [-0.25, -0.2) is 4.79 Å². The van der Waals surface area contributed by atoms with E-state index in [1.165, 1.54) is 11.8 Å². The van der Waals surface area contributed by atoms with Gasteiger partial charge in [-0.1, -0.05) is 13.8 Å². The normalized spacial score (nSPS) is 14.4. The number of rotatable bonds is 17. The fraction of sp³-hybridized carbons (Fsp3) is 0.700. The van der Waals surface area contributed by atoms with Crippen molar-refractivity contribution >= 4 is 47.4 Å². The average molecular weight is 507 g/mol. The maximum Gasteiger partial charge on any atom is 0.326 e. The van der Waals surface area contributed by atoms with Crippen LogP contribution in [-0.2, 0) is 28.8 Å². The van der Waals surface area contributed by atoms with Crippen molar-refractivity contribution in [1.82, 2.24) is 16.0 Å². The lowest BCUT2D eigenvalue weighted by atomic mass is 10.0. The van der Waals surface area contributed by atoms with Gasteiger partial charge in [0.05, 0.1) is 12.5 Å². The van der Waals surface area contributed by atoms with Crippen LogP contribution in [0, 0.1) is 5.92 Å². The van der Waals surface area contributed by atoms with Gasteiger partial charge in [-0.2, -0.15) is 11.8 Å². The third kappa shape index (κ3) is 13.0. The van der Waals surface area contributed by atoms with Crippen LogP contribution in [0.2, 0.25) is 0 Å². The minimum absolute atomic E-state index is 0.0732. The number of carboxylic acid groups (broad SMARTS) is 3. The standard InChI is InChI=1S/C20H34N4O9S/c1-10(2)8-13(19(31)24-14(20(32)33)9-16(27)28)23-18(30)12(4-5-15(25)26)22-17(29)11(21)6-7-34-3/h10-14H,4-9,21H2,1-3H3,(H,22,29)(H,23,30)(H,24,31)(H,25,26)(H,27,28)(H,32,33). The molecule has 13 nitrogen and oxygen atoms in total. The van der Waals surface area contributed by atoms with Crippen LogP contribution in [0.15, 0.2) is 0 Å². The summed E-state index contributed by atoms with van der Waals surface area (Å²) in [7, 11) is 0. The SMILES string of the molecule is CSCCC(N)C(=O)NC(CCC(=O)O)C(=O)NC(CC(C)C)C(=O)NC(CC(=O)O)C(=O)O. The number of thioether (sulfide) groups is 1. The molecule has 4 atom stereocenters. The Morgan fingerprint density at radius 3 is 1.79 bits per heavy atom. The summed E-state index contributed by atoms with van der Waals surface area (Å²) in [6.45, 7) is 3.49. The molecule has 0 bridgehead atoms. The summed E-state index contributed by atoms with van der Waals surface area (Å²) < 4.78 is 0. The van der Waals surface area contributed by atoms with Crippen LogP contribution in [-0.4, -0.2) is 87.1 Å². The monoisotopic (exact) mass is 506 g/mol. The lowest BCUT2D eigenvalue weighted by molar-refractivity contribution is -0.147. The first-order valence-electron chi connectivity index (χ1n) is 10.6. The summed E-state index contributed by atoms with van der Waals surface area (Å²) >= 11 is 1.47. The summed E-state index contributed by atoms with van der Waals surface area (Å²) in [6.07, 6.45) is 0.657. The Bertz CT molecular complexity index is 748. The van der Waals surface area contributed by atoms with Gasteiger partial charge in [0.2, 0.25) is 17.7 Å². The Labute approximate surface area is 201 Å². The second-order valence-electron chi connectivity index (χ2n) is 8.07. The molecule has 0 aromatic heterocycles. The molecule has 0 radical (unpaired) electrons. The Kier molecular flexibility index (Phi) is 14.5. The molecule has 0 saturated carbocycles. The lowest BCUT2D eigenvalue weighted by Crippen LogP contribution is -2.57. The number of carbonyl (C=O) groups excluding carboxylic acids is 3. The Morgan fingerprint density at radius 2 is 1.32 bits per heavy atom. The third-order valence-corrected chi connectivity index (χ3v) is 5.23. The number of hydrogen-bond donors (Lipinski definition) is 7. The Hall–Kier alpha value is -2.87. The van der Waals surface area contributed by atoms with Crippen molar-refractivity contribution < 1.29 is 44.1 Å². The summed E-state index contributed by atoms with van der Waals surface area (Å²) in [6, 6.07) is -5.19. The molecule has 194 valence electrons. The van der Waals surface area contributed by atoms with Crippen LogP contribution in [0.25, 0.3) is 0 Å². The molecule has 14 heteroatoms. The fourth-order valence-electron chi connectivity index (χ4n) is 2.81. The van der Waals surface area contributed by atoms with Gasteiger partial charge in [-0.3, -0.25) is 24.0 Å². The molecule has 0 aliphatic rings. The number of carboxylic acids is 3. The van der Waals surface area contributed by atoms with Gasteiger partial charge in [0.25, 0.3) is 0 Å². The van der Waals surface area contributed by atoms with Gasteiger partial charge in [-0.15, -0.1) is 0 Å². The highest BCUT2D eigenvalue weighted by Gasteiger charge is 2.31. The van der Waals surface area contributed by atoms with Crippen molar-refractivity contribution in [3.8, 4) is 0 Å². The number of nitrogens with two attached hydrogens (primary N) is 1. The lowest BCUT2D eigenvalue weighted by Gasteiger charge is -2.25. The number of aliphatic carboxylic acids is 3. The number of amides is 3. The van der Waals surface area contributed by atoms with E-state index in [0.29, 0.717) is 12.2 Å². The molecule has 0 fully saturated rings. The third-order valence-electron chi connectivity index (χ3n) is 4.58. The quantitative estimate of drug-likeness (QED) is 0.126. The summed E-state index contributed by atoms with van der Waals surface area (Å²) in [5, 5.41) is 33.9. The topological polar surface area (TPSA) is 225 Å². The van der Waals surface area contributed by atoms with E-state index in [-0.39, 0.29) is 18.8 Å². The van der Waals surface area contributed by atoms with Crippen LogP contribution >= 0.6 is 11.8 Å². The molecule has 3 amide bonds. The fourth-order valence-corrected chi connectivity index (χ4v) is 3.30. The van der Waals surface area contributed by atoms with Crippen LogP contribution in [0.4, 0.5) is 0 Å². The van der Waals surface area contributed by atoms with E-state index in [0.717, 1.165) is 0 Å². The van der Waals surface area contributed by atoms with Gasteiger partial charge in [0.1, 0.15) is 18.1 Å². The van der Waals surface area contributed by atoms with E-state index < -0.39 is 72.6 Å². The molecular weight excluding hydrogens is 472 g/mol. The smallest absolute Gasteiger partial charge is 0.326 e. The highest BCUT2D eigenvalue weighted by Crippen LogP contribution is 2.09. The molecule has 0 aliphatic carbocycles. The van der Waals surface area contributed by atoms with E-state index in [1.807, 2.05) is 6.26 Å². The molecule has 0 heterocycles. The predicted octanol–water partition coefficient (Wildman–Crippen LogP) is -1.01. The first kappa shape index (κ1) is 31.1. The molecule has 0 aromatic rings. The molecular formula is C20H34N4O9S. The van der Waals surface area contributed by atoms with E-state index in [9.17, 15) is 28.8 Å². The van der Waals surface area contributed by atoms with Crippen molar-refractivity contribution in [2.45, 2.75) is 70.1 Å². The first-order chi connectivity index (χ1) is 15.8. The molecule has 0 aromatic carbocycles. The van der Waals surface area contributed by atoms with Crippen LogP contribution < -0.4 is 21.7 Å². The van der Waals surface area contributed by atoms with Gasteiger partial charge in [0, 0.05) is 6.42 Å². The van der Waals surface area contributed by atoms with Gasteiger partial charge < -0.3 is 37.0 Å². The second-order valence-corrected chi connectivity index (χ2v) is 9.06. The van der Waals surface area contributed by atoms with Gasteiger partial charge in [0.15, 0.2) is 0 Å². The molecule has 8 N–H and O–H groups in total. The second kappa shape index (κ2) is 15.9.